The maximum absolute atomic E-state index is 5.00. The summed E-state index contributed by atoms with van der Waals surface area (Å²) in [7, 11) is 1.68. The second kappa shape index (κ2) is 4.95. The third-order valence-electron chi connectivity index (χ3n) is 1.90. The number of nitrogens with zero attached hydrogens (tertiary/aromatic N) is 1. The fourth-order valence-electron chi connectivity index (χ4n) is 1.16. The minimum atomic E-state index is 0.681. The van der Waals surface area contributed by atoms with Crippen molar-refractivity contribution in [3.63, 3.8) is 0 Å². The number of methoxy groups -OCH3 is 1. The molecule has 80 valence electrons. The van der Waals surface area contributed by atoms with Gasteiger partial charge in [-0.15, -0.1) is 11.3 Å². The number of anilines is 1. The Kier molecular flexibility index (Phi) is 3.37. The molecule has 4 nitrogen and oxygen atoms in total. The molecule has 0 fully saturated rings. The lowest BCUT2D eigenvalue weighted by Gasteiger charge is -1.99. The average Bonchev–Trinajstić information content (AvgIpc) is 2.87. The number of hydrogen-bond donors (Lipinski definition) is 1. The van der Waals surface area contributed by atoms with Gasteiger partial charge in [0.25, 0.3) is 0 Å². The molecule has 0 aromatic carbocycles. The van der Waals surface area contributed by atoms with Gasteiger partial charge in [-0.05, 0) is 6.07 Å². The van der Waals surface area contributed by atoms with Crippen LogP contribution in [0, 0.1) is 0 Å². The van der Waals surface area contributed by atoms with E-state index in [2.05, 4.69) is 10.3 Å². The Morgan fingerprint density at radius 2 is 2.53 bits per heavy atom. The highest BCUT2D eigenvalue weighted by molar-refractivity contribution is 7.14. The van der Waals surface area contributed by atoms with Crippen LogP contribution in [-0.2, 0) is 4.74 Å². The molecule has 0 aliphatic carbocycles. The Balaban J connectivity index is 1.98. The molecule has 2 rings (SSSR count). The number of nitrogens with one attached hydrogen (secondary N) is 1. The molecule has 0 spiro atoms. The zero-order chi connectivity index (χ0) is 10.5. The average molecular weight is 224 g/mol. The number of aromatic nitrogens is 1. The summed E-state index contributed by atoms with van der Waals surface area (Å²) in [5.74, 6) is 0. The monoisotopic (exact) mass is 224 g/mol. The van der Waals surface area contributed by atoms with Gasteiger partial charge in [0.1, 0.15) is 0 Å². The Morgan fingerprint density at radius 3 is 3.27 bits per heavy atom. The molecule has 0 amide bonds. The summed E-state index contributed by atoms with van der Waals surface area (Å²) in [6.45, 7) is 1.45. The second-order valence-corrected chi connectivity index (χ2v) is 3.83. The van der Waals surface area contributed by atoms with E-state index in [1.165, 1.54) is 0 Å². The van der Waals surface area contributed by atoms with Crippen molar-refractivity contribution in [3.8, 4) is 11.3 Å². The summed E-state index contributed by atoms with van der Waals surface area (Å²) in [5, 5.41) is 6.09. The molecule has 0 atom stereocenters. The minimum Gasteiger partial charge on any atom is -0.472 e. The van der Waals surface area contributed by atoms with Gasteiger partial charge in [-0.2, -0.15) is 0 Å². The predicted molar refractivity (Wildman–Crippen MR) is 60.2 cm³/mol. The molecule has 0 saturated heterocycles. The van der Waals surface area contributed by atoms with Crippen LogP contribution in [0.3, 0.4) is 0 Å². The van der Waals surface area contributed by atoms with E-state index in [1.807, 2.05) is 11.4 Å². The molecular weight excluding hydrogens is 212 g/mol. The molecule has 0 bridgehead atoms. The summed E-state index contributed by atoms with van der Waals surface area (Å²) in [6, 6.07) is 1.90. The van der Waals surface area contributed by atoms with Crippen LogP contribution in [0.15, 0.2) is 28.4 Å². The Labute approximate surface area is 91.9 Å². The van der Waals surface area contributed by atoms with Crippen molar-refractivity contribution in [2.45, 2.75) is 0 Å². The molecule has 2 heterocycles. The SMILES string of the molecule is COCCNc1nc(-c2ccoc2)cs1. The maximum Gasteiger partial charge on any atom is 0.183 e. The zero-order valence-corrected chi connectivity index (χ0v) is 9.21. The summed E-state index contributed by atoms with van der Waals surface area (Å²) < 4.78 is 9.94. The Morgan fingerprint density at radius 1 is 1.60 bits per heavy atom. The van der Waals surface area contributed by atoms with Gasteiger partial charge in [0, 0.05) is 24.6 Å². The van der Waals surface area contributed by atoms with E-state index in [0.717, 1.165) is 22.9 Å². The van der Waals surface area contributed by atoms with Crippen molar-refractivity contribution in [1.29, 1.82) is 0 Å². The van der Waals surface area contributed by atoms with E-state index in [1.54, 1.807) is 31.0 Å². The summed E-state index contributed by atoms with van der Waals surface area (Å²) in [6.07, 6.45) is 3.33. The maximum atomic E-state index is 5.00. The van der Waals surface area contributed by atoms with Crippen LogP contribution in [0.4, 0.5) is 5.13 Å². The molecule has 0 radical (unpaired) electrons. The molecule has 0 unspecified atom stereocenters. The van der Waals surface area contributed by atoms with Crippen molar-refractivity contribution in [2.75, 3.05) is 25.6 Å². The lowest BCUT2D eigenvalue weighted by molar-refractivity contribution is 0.211. The van der Waals surface area contributed by atoms with Crippen molar-refractivity contribution < 1.29 is 9.15 Å². The molecule has 2 aromatic rings. The van der Waals surface area contributed by atoms with Gasteiger partial charge < -0.3 is 14.5 Å². The lowest BCUT2D eigenvalue weighted by Crippen LogP contribution is -2.06. The topological polar surface area (TPSA) is 47.3 Å². The molecule has 0 saturated carbocycles. The van der Waals surface area contributed by atoms with Crippen LogP contribution in [0.5, 0.6) is 0 Å². The highest BCUT2D eigenvalue weighted by atomic mass is 32.1. The molecule has 0 aliphatic heterocycles. The minimum absolute atomic E-state index is 0.681. The van der Waals surface area contributed by atoms with Crippen molar-refractivity contribution in [3.05, 3.63) is 24.0 Å². The van der Waals surface area contributed by atoms with Crippen LogP contribution in [-0.4, -0.2) is 25.2 Å². The first kappa shape index (κ1) is 10.2. The Bertz CT molecular complexity index is 397. The number of furan rings is 1. The van der Waals surface area contributed by atoms with E-state index in [0.29, 0.717) is 6.61 Å². The fraction of sp³-hybridized carbons (Fsp3) is 0.300. The van der Waals surface area contributed by atoms with Crippen LogP contribution < -0.4 is 5.32 Å². The van der Waals surface area contributed by atoms with Gasteiger partial charge in [0.2, 0.25) is 0 Å². The quantitative estimate of drug-likeness (QED) is 0.792. The van der Waals surface area contributed by atoms with E-state index in [9.17, 15) is 0 Å². The lowest BCUT2D eigenvalue weighted by atomic mass is 10.3. The first-order chi connectivity index (χ1) is 7.40. The van der Waals surface area contributed by atoms with Crippen LogP contribution in [0.25, 0.3) is 11.3 Å². The first-order valence-corrected chi connectivity index (χ1v) is 5.49. The molecule has 2 aromatic heterocycles. The molecule has 15 heavy (non-hydrogen) atoms. The van der Waals surface area contributed by atoms with Crippen molar-refractivity contribution in [2.24, 2.45) is 0 Å². The van der Waals surface area contributed by atoms with Crippen LogP contribution >= 0.6 is 11.3 Å². The number of hydrogen-bond acceptors (Lipinski definition) is 5. The van der Waals surface area contributed by atoms with Crippen molar-refractivity contribution >= 4 is 16.5 Å². The van der Waals surface area contributed by atoms with Gasteiger partial charge in [-0.1, -0.05) is 0 Å². The normalized spacial score (nSPS) is 10.5. The molecule has 0 aliphatic rings. The zero-order valence-electron chi connectivity index (χ0n) is 8.40. The number of rotatable bonds is 5. The third-order valence-corrected chi connectivity index (χ3v) is 2.70. The fourth-order valence-corrected chi connectivity index (χ4v) is 1.91. The van der Waals surface area contributed by atoms with E-state index in [-0.39, 0.29) is 0 Å². The van der Waals surface area contributed by atoms with Gasteiger partial charge >= 0.3 is 0 Å². The predicted octanol–water partition coefficient (Wildman–Crippen LogP) is 2.46. The molecule has 1 N–H and O–H groups in total. The van der Waals surface area contributed by atoms with Gasteiger partial charge in [0.05, 0.1) is 24.8 Å². The highest BCUT2D eigenvalue weighted by Gasteiger charge is 2.04. The van der Waals surface area contributed by atoms with Crippen molar-refractivity contribution in [1.82, 2.24) is 4.98 Å². The summed E-state index contributed by atoms with van der Waals surface area (Å²) in [5.41, 5.74) is 1.94. The second-order valence-electron chi connectivity index (χ2n) is 2.97. The highest BCUT2D eigenvalue weighted by Crippen LogP contribution is 2.24. The van der Waals surface area contributed by atoms with Gasteiger partial charge in [-0.25, -0.2) is 4.98 Å². The molecule has 5 heteroatoms. The largest absolute Gasteiger partial charge is 0.472 e. The molecular formula is C10H12N2O2S. The smallest absolute Gasteiger partial charge is 0.183 e. The standard InChI is InChI=1S/C10H12N2O2S/c1-13-5-3-11-10-12-9(7-15-10)8-2-4-14-6-8/h2,4,6-7H,3,5H2,1H3,(H,11,12). The number of ether oxygens (including phenoxy) is 1. The van der Waals surface area contributed by atoms with Gasteiger partial charge in [-0.3, -0.25) is 0 Å². The van der Waals surface area contributed by atoms with Crippen LogP contribution in [0.2, 0.25) is 0 Å². The van der Waals surface area contributed by atoms with E-state index < -0.39 is 0 Å². The van der Waals surface area contributed by atoms with E-state index >= 15 is 0 Å². The Hall–Kier alpha value is -1.33. The third kappa shape index (κ3) is 2.57. The van der Waals surface area contributed by atoms with Gasteiger partial charge in [0.15, 0.2) is 5.13 Å². The number of thiazole rings is 1. The summed E-state index contributed by atoms with van der Waals surface area (Å²) >= 11 is 1.58. The first-order valence-electron chi connectivity index (χ1n) is 4.61. The van der Waals surface area contributed by atoms with E-state index in [4.69, 9.17) is 9.15 Å². The van der Waals surface area contributed by atoms with Crippen LogP contribution in [0.1, 0.15) is 0 Å². The summed E-state index contributed by atoms with van der Waals surface area (Å²) in [4.78, 5) is 4.42.